The van der Waals surface area contributed by atoms with Gasteiger partial charge in [-0.05, 0) is 47.6 Å². The van der Waals surface area contributed by atoms with Crippen LogP contribution in [0.2, 0.25) is 0 Å². The summed E-state index contributed by atoms with van der Waals surface area (Å²) in [5.74, 6) is 0.911. The van der Waals surface area contributed by atoms with Crippen LogP contribution in [0.3, 0.4) is 0 Å². The Balaban J connectivity index is 0.00000185. The first kappa shape index (κ1) is 55.1. The summed E-state index contributed by atoms with van der Waals surface area (Å²) >= 11 is 0. The summed E-state index contributed by atoms with van der Waals surface area (Å²) < 4.78 is 62.9. The van der Waals surface area contributed by atoms with Crippen molar-refractivity contribution in [2.24, 2.45) is 0 Å². The molecule has 22 nitrogen and oxygen atoms in total. The van der Waals surface area contributed by atoms with Gasteiger partial charge in [0.05, 0.1) is 31.3 Å². The van der Waals surface area contributed by atoms with Crippen LogP contribution in [0.1, 0.15) is 11.1 Å². The maximum atomic E-state index is 12.5. The molecule has 0 atom stereocenters. The van der Waals surface area contributed by atoms with E-state index < -0.39 is 25.6 Å². The number of hydrogen-bond acceptors (Lipinski definition) is 22. The van der Waals surface area contributed by atoms with Crippen molar-refractivity contribution in [1.29, 1.82) is 0 Å². The Labute approximate surface area is 425 Å². The minimum Gasteiger partial charge on any atom is -0.744 e. The molecule has 8 N–H and O–H groups in total. The summed E-state index contributed by atoms with van der Waals surface area (Å²) in [7, 11) is -8.08. The van der Waals surface area contributed by atoms with Gasteiger partial charge in [0.25, 0.3) is 0 Å². The van der Waals surface area contributed by atoms with Crippen LogP contribution >= 0.6 is 0 Å². The smallest absolute Gasteiger partial charge is 0.744 e. The molecule has 0 bridgehead atoms. The second-order valence-electron chi connectivity index (χ2n) is 12.9. The molecule has 0 aliphatic heterocycles. The molecule has 0 radical (unpaired) electrons. The Bertz CT molecular complexity index is 2690. The third-order valence-electron chi connectivity index (χ3n) is 8.43. The molecule has 0 aliphatic rings. The number of para-hydroxylation sites is 2. The van der Waals surface area contributed by atoms with Gasteiger partial charge in [-0.3, -0.25) is 0 Å². The average Bonchev–Trinajstić information content (AvgIpc) is 3.26. The normalized spacial score (nSPS) is 10.7. The average molecular weight is 961 g/mol. The van der Waals surface area contributed by atoms with Gasteiger partial charge < -0.3 is 56.0 Å². The second kappa shape index (κ2) is 28.1. The van der Waals surface area contributed by atoms with E-state index in [1.807, 2.05) is 48.5 Å². The van der Waals surface area contributed by atoms with E-state index in [2.05, 4.69) is 57.2 Å². The number of aliphatic hydroxyl groups excluding tert-OH is 4. The van der Waals surface area contributed by atoms with E-state index in [9.17, 15) is 33.4 Å². The van der Waals surface area contributed by atoms with E-state index in [-0.39, 0.29) is 159 Å². The van der Waals surface area contributed by atoms with Crippen LogP contribution in [0.15, 0.2) is 102 Å². The van der Waals surface area contributed by atoms with Crippen molar-refractivity contribution in [3.63, 3.8) is 0 Å². The zero-order chi connectivity index (χ0) is 45.9. The van der Waals surface area contributed by atoms with Gasteiger partial charge in [-0.2, -0.15) is 35.5 Å². The second-order valence-corrected chi connectivity index (χ2v) is 14.7. The Kier molecular flexibility index (Phi) is 23.5. The zero-order valence-corrected chi connectivity index (χ0v) is 41.3. The standard InChI is InChI=1S/C40H43N12O7S.2Na.O3S/c53-23-19-51(20-24-54)39-47-35(41-30-7-3-1-4-8-30)45-37(49-39)43-32-16-12-28(13-17-32)11-14-29-15-18-33(27-34(29)60(57,58)59)44-38-46-36(42-31-9-5-2-6-10-31)48-40(50-38)52(21-25-55)22-26-56;;;1-4(2)3/h1-12,14-18,27,53-56H,19-26H2,(H,57,58,59)(H2,41,43,45,47,49)(H2,42,44,46,48,50);;;/q-1;2*+1;/p-1. The van der Waals surface area contributed by atoms with Crippen molar-refractivity contribution < 1.29 is 105 Å². The fourth-order valence-electron chi connectivity index (χ4n) is 5.67. The Morgan fingerprint density at radius 1 is 0.561 bits per heavy atom. The molecule has 26 heteroatoms. The molecular formula is C40H42N12Na2O10S2. The van der Waals surface area contributed by atoms with E-state index >= 15 is 0 Å². The minimum absolute atomic E-state index is 0. The molecule has 0 unspecified atom stereocenters. The van der Waals surface area contributed by atoms with Gasteiger partial charge in [-0.15, -0.1) is 43.0 Å². The number of aliphatic hydroxyl groups is 4. The van der Waals surface area contributed by atoms with Gasteiger partial charge in [0.2, 0.25) is 35.7 Å². The van der Waals surface area contributed by atoms with Crippen LogP contribution in [0, 0.1) is 6.07 Å². The molecule has 0 spiro atoms. The van der Waals surface area contributed by atoms with Crippen LogP contribution < -0.4 is 90.2 Å². The first-order valence-electron chi connectivity index (χ1n) is 19.1. The summed E-state index contributed by atoms with van der Waals surface area (Å²) in [4.78, 5) is 29.4. The molecule has 336 valence electrons. The fraction of sp³-hybridized carbons (Fsp3) is 0.200. The summed E-state index contributed by atoms with van der Waals surface area (Å²) in [5.41, 5.74) is 2.86. The molecule has 0 saturated carbocycles. The van der Waals surface area contributed by atoms with Crippen molar-refractivity contribution >= 4 is 91.3 Å². The largest absolute Gasteiger partial charge is 1.00 e. The van der Waals surface area contributed by atoms with Crippen molar-refractivity contribution in [1.82, 2.24) is 29.9 Å². The van der Waals surface area contributed by atoms with E-state index in [0.717, 1.165) is 5.69 Å². The molecule has 4 aromatic carbocycles. The molecule has 0 saturated heterocycles. The first-order valence-corrected chi connectivity index (χ1v) is 21.5. The fourth-order valence-corrected chi connectivity index (χ4v) is 6.36. The van der Waals surface area contributed by atoms with Gasteiger partial charge in [0, 0.05) is 43.2 Å². The molecule has 0 aliphatic carbocycles. The summed E-state index contributed by atoms with van der Waals surface area (Å²) in [6.07, 6.45) is 3.08. The van der Waals surface area contributed by atoms with Gasteiger partial charge in [-0.25, -0.2) is 8.42 Å². The maximum Gasteiger partial charge on any atom is 1.00 e. The van der Waals surface area contributed by atoms with E-state index in [0.29, 0.717) is 16.9 Å². The number of aromatic nitrogens is 6. The number of anilines is 10. The molecular weight excluding hydrogens is 919 g/mol. The SMILES string of the molecule is O=S(=O)([O-])c1cc(Nc2nc(Nc3ccccc3)nc(N(CCO)CCO)n2)ccc1C=Cc1[c-]cc(Nc2nc(Nc3ccccc3)nc(N(CCO)CCO)n2)cc1.O=S(=O)=O.[Na+].[Na+]. The van der Waals surface area contributed by atoms with Gasteiger partial charge in [0.15, 0.2) is 0 Å². The Morgan fingerprint density at radius 3 is 1.33 bits per heavy atom. The number of rotatable bonds is 21. The molecule has 0 fully saturated rings. The Hall–Kier alpha value is -5.19. The van der Waals surface area contributed by atoms with Crippen LogP contribution in [0.5, 0.6) is 0 Å². The topological polar surface area (TPSA) is 321 Å². The van der Waals surface area contributed by atoms with Crippen molar-refractivity contribution in [2.45, 2.75) is 4.90 Å². The summed E-state index contributed by atoms with van der Waals surface area (Å²) in [5, 5.41) is 50.7. The van der Waals surface area contributed by atoms with E-state index in [4.69, 9.17) is 12.6 Å². The Morgan fingerprint density at radius 2 is 0.955 bits per heavy atom. The minimum atomic E-state index is -4.97. The molecule has 2 heterocycles. The number of nitrogens with one attached hydrogen (secondary N) is 4. The molecule has 6 aromatic rings. The van der Waals surface area contributed by atoms with Crippen LogP contribution in [0.25, 0.3) is 12.2 Å². The summed E-state index contributed by atoms with van der Waals surface area (Å²) in [6.45, 7) is -0.225. The third kappa shape index (κ3) is 17.9. The van der Waals surface area contributed by atoms with E-state index in [1.54, 1.807) is 52.3 Å². The van der Waals surface area contributed by atoms with Crippen molar-refractivity contribution in [2.75, 3.05) is 83.7 Å². The number of nitrogens with zero attached hydrogens (tertiary/aromatic N) is 8. The van der Waals surface area contributed by atoms with Gasteiger partial charge >= 0.3 is 69.7 Å². The summed E-state index contributed by atoms with van der Waals surface area (Å²) in [6, 6.07) is 30.8. The first-order chi connectivity index (χ1) is 30.9. The third-order valence-corrected chi connectivity index (χ3v) is 9.32. The van der Waals surface area contributed by atoms with Crippen LogP contribution in [-0.4, -0.2) is 129 Å². The maximum absolute atomic E-state index is 12.5. The predicted molar refractivity (Wildman–Crippen MR) is 237 cm³/mol. The van der Waals surface area contributed by atoms with Crippen molar-refractivity contribution in [3.05, 3.63) is 114 Å². The van der Waals surface area contributed by atoms with E-state index in [1.165, 1.54) is 18.2 Å². The molecule has 6 rings (SSSR count). The predicted octanol–water partition coefficient (Wildman–Crippen LogP) is -3.51. The monoisotopic (exact) mass is 960 g/mol. The molecule has 2 aromatic heterocycles. The van der Waals surface area contributed by atoms with Gasteiger partial charge in [-0.1, -0.05) is 48.5 Å². The molecule has 66 heavy (non-hydrogen) atoms. The number of hydrogen-bond donors (Lipinski definition) is 8. The van der Waals surface area contributed by atoms with Crippen LogP contribution in [0.4, 0.5) is 58.4 Å². The molecule has 0 amide bonds. The number of benzene rings is 4. The van der Waals surface area contributed by atoms with Crippen molar-refractivity contribution in [3.8, 4) is 0 Å². The van der Waals surface area contributed by atoms with Crippen LogP contribution in [-0.2, 0) is 20.7 Å². The van der Waals surface area contributed by atoms with Gasteiger partial charge in [0.1, 0.15) is 10.1 Å². The zero-order valence-electron chi connectivity index (χ0n) is 35.7. The quantitative estimate of drug-likeness (QED) is 0.0150.